The molecule has 60 heavy (non-hydrogen) atoms. The lowest BCUT2D eigenvalue weighted by Crippen LogP contribution is -2.48. The van der Waals surface area contributed by atoms with E-state index in [-0.39, 0.29) is 11.9 Å². The van der Waals surface area contributed by atoms with Gasteiger partial charge in [-0.3, -0.25) is 4.90 Å². The highest BCUT2D eigenvalue weighted by Gasteiger charge is 2.19. The van der Waals surface area contributed by atoms with Crippen LogP contribution in [0.4, 0.5) is 10.1 Å². The first kappa shape index (κ1) is 45.6. The molecule has 8 nitrogen and oxygen atoms in total. The number of rotatable bonds is 25. The Morgan fingerprint density at radius 1 is 0.900 bits per heavy atom. The van der Waals surface area contributed by atoms with Crippen molar-refractivity contribution >= 4 is 46.7 Å². The van der Waals surface area contributed by atoms with E-state index in [2.05, 4.69) is 132 Å². The molecule has 3 heterocycles. The van der Waals surface area contributed by atoms with E-state index < -0.39 is 0 Å². The second-order valence-corrected chi connectivity index (χ2v) is 16.1. The number of aromatic nitrogens is 2. The van der Waals surface area contributed by atoms with Crippen LogP contribution in [-0.2, 0) is 0 Å². The van der Waals surface area contributed by atoms with Crippen LogP contribution in [0, 0.1) is 19.7 Å². The highest BCUT2D eigenvalue weighted by molar-refractivity contribution is 5.83. The maximum atomic E-state index is 14.0. The van der Waals surface area contributed by atoms with Gasteiger partial charge in [-0.25, -0.2) is 4.39 Å². The zero-order valence-corrected chi connectivity index (χ0v) is 36.6. The van der Waals surface area contributed by atoms with Crippen LogP contribution in [0.15, 0.2) is 93.7 Å². The van der Waals surface area contributed by atoms with Crippen LogP contribution in [0.3, 0.4) is 0 Å². The number of anilines is 1. The third-order valence-corrected chi connectivity index (χ3v) is 11.8. The molecule has 1 fully saturated rings. The van der Waals surface area contributed by atoms with Crippen molar-refractivity contribution in [2.75, 3.05) is 71.3 Å². The molecule has 5 N–H and O–H groups in total. The molecule has 0 aliphatic carbocycles. The minimum Gasteiger partial charge on any atom is -0.388 e. The molecule has 9 heteroatoms. The molecule has 5 rings (SSSR count). The molecule has 1 aliphatic rings. The molecule has 4 aromatic rings. The van der Waals surface area contributed by atoms with Crippen molar-refractivity contribution in [3.8, 4) is 0 Å². The Kier molecular flexibility index (Phi) is 16.9. The smallest absolute Gasteiger partial charge is 0.123 e. The summed E-state index contributed by atoms with van der Waals surface area (Å²) in [6.45, 7) is 42.3. The number of aromatic amines is 2. The van der Waals surface area contributed by atoms with Gasteiger partial charge in [0.2, 0.25) is 0 Å². The minimum absolute atomic E-state index is 0.204. The van der Waals surface area contributed by atoms with Gasteiger partial charge in [0.05, 0.1) is 0 Å². The number of nitrogens with zero attached hydrogens (tertiary/aromatic N) is 3. The van der Waals surface area contributed by atoms with Crippen LogP contribution in [-0.4, -0.2) is 96.7 Å². The first-order chi connectivity index (χ1) is 28.9. The summed E-state index contributed by atoms with van der Waals surface area (Å²) in [5.74, 6) is -0.260. The van der Waals surface area contributed by atoms with Crippen LogP contribution in [0.1, 0.15) is 72.2 Å². The average Bonchev–Trinajstić information content (AvgIpc) is 3.71. The van der Waals surface area contributed by atoms with E-state index >= 15 is 0 Å². The number of fused-ring (bicyclic) bond motifs is 1. The number of hydrogen-bond acceptors (Lipinski definition) is 6. The molecular formula is C51H69FN8. The van der Waals surface area contributed by atoms with Gasteiger partial charge in [-0.05, 0) is 106 Å². The number of allylic oxidation sites excluding steroid dienone is 1. The van der Waals surface area contributed by atoms with E-state index in [9.17, 15) is 4.39 Å². The summed E-state index contributed by atoms with van der Waals surface area (Å²) in [4.78, 5) is 14.0. The van der Waals surface area contributed by atoms with Crippen LogP contribution < -0.4 is 26.5 Å². The summed E-state index contributed by atoms with van der Waals surface area (Å²) in [5, 5.41) is 13.2. The molecule has 1 saturated heterocycles. The Balaban J connectivity index is 0.935. The number of likely N-dealkylation sites (N-methyl/N-ethyl adjacent to an activating group) is 1. The van der Waals surface area contributed by atoms with Gasteiger partial charge in [0.25, 0.3) is 0 Å². The number of aryl methyl sites for hydroxylation is 1. The number of halogens is 1. The Labute approximate surface area is 358 Å². The standard InChI is InChI=1S/C51H69FN8/c1-11-14-19-45(13-3)58(10)41(9)46-22-21-44(32-42(46)12-2)55-25-17-15-16-24-53-36(4)35-60-30-28-59(29-31-60)27-18-26-54-39(7)51-37(5)50(57-40(51)8)34-47-38(6)56-49-23-20-43(52)33-48(47)49/h11-13,20-23,32-34,45,53-57H,1-4,6-7,9,14-19,24-31,35H2,5,8,10H3/b47-34+. The lowest BCUT2D eigenvalue weighted by molar-refractivity contribution is 0.138. The van der Waals surface area contributed by atoms with E-state index in [4.69, 9.17) is 0 Å². The second-order valence-electron chi connectivity index (χ2n) is 16.1. The molecular weight excluding hydrogens is 744 g/mol. The van der Waals surface area contributed by atoms with Crippen molar-refractivity contribution in [3.63, 3.8) is 0 Å². The molecule has 1 unspecified atom stereocenters. The summed E-state index contributed by atoms with van der Waals surface area (Å²) in [6, 6.07) is 11.4. The maximum Gasteiger partial charge on any atom is 0.123 e. The van der Waals surface area contributed by atoms with Gasteiger partial charge in [-0.2, -0.15) is 0 Å². The van der Waals surface area contributed by atoms with E-state index in [0.29, 0.717) is 0 Å². The highest BCUT2D eigenvalue weighted by atomic mass is 19.1. The number of hydrogen-bond donors (Lipinski definition) is 5. The van der Waals surface area contributed by atoms with E-state index in [0.717, 1.165) is 175 Å². The summed E-state index contributed by atoms with van der Waals surface area (Å²) in [7, 11) is 2.07. The van der Waals surface area contributed by atoms with Gasteiger partial charge in [0, 0.05) is 132 Å². The molecule has 1 aliphatic heterocycles. The van der Waals surface area contributed by atoms with E-state index in [1.165, 1.54) is 6.07 Å². The van der Waals surface area contributed by atoms with Gasteiger partial charge in [-0.15, -0.1) is 13.2 Å². The maximum absolute atomic E-state index is 14.0. The Hall–Kier alpha value is -5.51. The minimum atomic E-state index is -0.260. The van der Waals surface area contributed by atoms with Crippen LogP contribution in [0.2, 0.25) is 0 Å². The molecule has 0 spiro atoms. The predicted molar refractivity (Wildman–Crippen MR) is 258 cm³/mol. The van der Waals surface area contributed by atoms with Crippen molar-refractivity contribution in [3.05, 3.63) is 144 Å². The topological polar surface area (TPSA) is 77.4 Å². The molecule has 1 atom stereocenters. The first-order valence-electron chi connectivity index (χ1n) is 21.6. The molecule has 2 aromatic carbocycles. The van der Waals surface area contributed by atoms with Gasteiger partial charge in [0.1, 0.15) is 5.82 Å². The SMILES string of the molecule is C=CCCC(C=C)N(C)C(=C)c1ccc(NCCCCCNC(=C)CN2CCN(CCCNC(=C)c3c(C)[nH]c(/C=c4\c(=C)[nH]c5ccc(F)cc45)c3C)CC2)cc1C=C. The zero-order chi connectivity index (χ0) is 43.2. The lowest BCUT2D eigenvalue weighted by Gasteiger charge is -2.35. The monoisotopic (exact) mass is 813 g/mol. The number of nitrogens with one attached hydrogen (secondary N) is 5. The number of benzene rings is 2. The number of piperazine rings is 1. The second kappa shape index (κ2) is 22.2. The van der Waals surface area contributed by atoms with Crippen molar-refractivity contribution in [1.82, 2.24) is 35.3 Å². The third-order valence-electron chi connectivity index (χ3n) is 11.8. The average molecular weight is 813 g/mol. The molecule has 2 aromatic heterocycles. The van der Waals surface area contributed by atoms with Crippen LogP contribution in [0.5, 0.6) is 0 Å². The molecule has 0 radical (unpaired) electrons. The normalized spacial score (nSPS) is 14.2. The molecule has 0 amide bonds. The van der Waals surface area contributed by atoms with Crippen LogP contribution >= 0.6 is 0 Å². The third kappa shape index (κ3) is 12.0. The summed E-state index contributed by atoms with van der Waals surface area (Å²) in [5.41, 5.74) is 11.4. The predicted octanol–water partition coefficient (Wildman–Crippen LogP) is 8.51. The molecule has 0 bridgehead atoms. The van der Waals surface area contributed by atoms with E-state index in [1.807, 2.05) is 18.2 Å². The Bertz CT molecular complexity index is 2250. The van der Waals surface area contributed by atoms with Crippen molar-refractivity contribution in [2.45, 2.75) is 58.4 Å². The quantitative estimate of drug-likeness (QED) is 0.0342. The van der Waals surface area contributed by atoms with Gasteiger partial charge in [-0.1, -0.05) is 57.2 Å². The highest BCUT2D eigenvalue weighted by Crippen LogP contribution is 2.28. The summed E-state index contributed by atoms with van der Waals surface area (Å²) < 4.78 is 14.0. The fourth-order valence-electron chi connectivity index (χ4n) is 8.23. The zero-order valence-electron chi connectivity index (χ0n) is 36.6. The largest absolute Gasteiger partial charge is 0.388 e. The van der Waals surface area contributed by atoms with Gasteiger partial charge in [0.15, 0.2) is 0 Å². The lowest BCUT2D eigenvalue weighted by atomic mass is 10.0. The number of H-pyrrole nitrogens is 2. The van der Waals surface area contributed by atoms with E-state index in [1.54, 1.807) is 12.1 Å². The fraction of sp³-hybridized carbons (Fsp3) is 0.373. The van der Waals surface area contributed by atoms with Crippen molar-refractivity contribution < 1.29 is 4.39 Å². The Morgan fingerprint density at radius 2 is 1.63 bits per heavy atom. The summed E-state index contributed by atoms with van der Waals surface area (Å²) in [6.07, 6.45) is 14.2. The van der Waals surface area contributed by atoms with Crippen molar-refractivity contribution in [1.29, 1.82) is 0 Å². The summed E-state index contributed by atoms with van der Waals surface area (Å²) >= 11 is 0. The van der Waals surface area contributed by atoms with Crippen molar-refractivity contribution in [2.24, 2.45) is 0 Å². The molecule has 320 valence electrons. The first-order valence-corrected chi connectivity index (χ1v) is 21.6. The fourth-order valence-corrected chi connectivity index (χ4v) is 8.23. The number of unbranched alkanes of at least 4 members (excludes halogenated alkanes) is 2. The molecule has 0 saturated carbocycles. The van der Waals surface area contributed by atoms with Gasteiger partial charge < -0.3 is 35.7 Å². The Morgan fingerprint density at radius 3 is 2.37 bits per heavy atom. The van der Waals surface area contributed by atoms with Crippen LogP contribution in [0.25, 0.3) is 41.0 Å². The van der Waals surface area contributed by atoms with Gasteiger partial charge >= 0.3 is 0 Å².